The number of carbonyl (C=O) groups is 3. The van der Waals surface area contributed by atoms with Crippen LogP contribution in [0.25, 0.3) is 0 Å². The van der Waals surface area contributed by atoms with E-state index in [4.69, 9.17) is 21.1 Å². The van der Waals surface area contributed by atoms with Crippen molar-refractivity contribution in [2.75, 3.05) is 23.8 Å². The lowest BCUT2D eigenvalue weighted by Crippen LogP contribution is -2.44. The maximum Gasteiger partial charge on any atom is 0.422 e. The van der Waals surface area contributed by atoms with Crippen LogP contribution in [0.1, 0.15) is 56.0 Å². The fourth-order valence-corrected chi connectivity index (χ4v) is 5.20. The van der Waals surface area contributed by atoms with Crippen LogP contribution in [0.15, 0.2) is 48.5 Å². The molecule has 48 heavy (non-hydrogen) atoms. The third kappa shape index (κ3) is 8.93. The molecule has 2 heterocycles. The van der Waals surface area contributed by atoms with E-state index in [2.05, 4.69) is 30.9 Å². The number of ether oxygens (including phenoxy) is 2. The van der Waals surface area contributed by atoms with Crippen LogP contribution in [0.2, 0.25) is 5.02 Å². The zero-order valence-electron chi connectivity index (χ0n) is 26.1. The number of carboxylic acids is 1. The van der Waals surface area contributed by atoms with Crippen LogP contribution in [-0.2, 0) is 15.1 Å². The summed E-state index contributed by atoms with van der Waals surface area (Å²) in [6.07, 6.45) is -3.97. The van der Waals surface area contributed by atoms with Crippen molar-refractivity contribution in [1.82, 2.24) is 25.2 Å². The number of aromatic nitrogens is 3. The second kappa shape index (κ2) is 13.3. The number of anilines is 3. The first-order valence-corrected chi connectivity index (χ1v) is 15.3. The first kappa shape index (κ1) is 34.5. The Hall–Kier alpha value is -4.86. The van der Waals surface area contributed by atoms with Crippen molar-refractivity contribution in [1.29, 1.82) is 0 Å². The van der Waals surface area contributed by atoms with Crippen LogP contribution in [0.5, 0.6) is 6.01 Å². The Balaban J connectivity index is 1.27. The highest BCUT2D eigenvalue weighted by Crippen LogP contribution is 2.48. The molecule has 256 valence electrons. The number of likely N-dealkylation sites (tertiary alicyclic amines) is 1. The van der Waals surface area contributed by atoms with Gasteiger partial charge in [-0.15, -0.1) is 0 Å². The Labute approximate surface area is 278 Å². The standard InChI is InChI=1S/C31H33ClF3N7O6/c1-29(2,3)48-28(46)42-15-21(14-22(42)24(44)45)36-23(43)17-4-10-20(11-5-17)37-25-38-26(40-27(39-25)47-16-31(33,34)35)41-30(12-13-30)18-6-8-19(32)9-7-18/h4-11,21-22H,12-16H2,1-3H3,(H,36,43)(H,44,45)(H2,37,38,39,40,41)/t21-,22+/m0/s1. The molecule has 17 heteroatoms. The summed E-state index contributed by atoms with van der Waals surface area (Å²) in [5.74, 6) is -1.84. The number of halogens is 4. The summed E-state index contributed by atoms with van der Waals surface area (Å²) in [5.41, 5.74) is 0.168. The van der Waals surface area contributed by atoms with Gasteiger partial charge in [0.05, 0.1) is 5.54 Å². The Morgan fingerprint density at radius 3 is 2.23 bits per heavy atom. The van der Waals surface area contributed by atoms with Crippen LogP contribution < -0.4 is 20.7 Å². The molecule has 2 fully saturated rings. The first-order chi connectivity index (χ1) is 22.5. The number of carbonyl (C=O) groups excluding carboxylic acids is 2. The number of hydrogen-bond donors (Lipinski definition) is 4. The predicted octanol–water partition coefficient (Wildman–Crippen LogP) is 5.50. The smallest absolute Gasteiger partial charge is 0.422 e. The molecular weight excluding hydrogens is 659 g/mol. The summed E-state index contributed by atoms with van der Waals surface area (Å²) in [6.45, 7) is 3.34. The van der Waals surface area contributed by atoms with Crippen molar-refractivity contribution < 1.29 is 42.1 Å². The average Bonchev–Trinajstić information content (AvgIpc) is 3.64. The summed E-state index contributed by atoms with van der Waals surface area (Å²) in [4.78, 5) is 50.8. The van der Waals surface area contributed by atoms with Gasteiger partial charge in [0.15, 0.2) is 6.61 Å². The van der Waals surface area contributed by atoms with Gasteiger partial charge in [-0.3, -0.25) is 9.69 Å². The predicted molar refractivity (Wildman–Crippen MR) is 167 cm³/mol. The summed E-state index contributed by atoms with van der Waals surface area (Å²) in [5, 5.41) is 19.0. The number of carboxylic acid groups (broad SMARTS) is 1. The summed E-state index contributed by atoms with van der Waals surface area (Å²) >= 11 is 6.02. The Kier molecular flexibility index (Phi) is 9.58. The minimum atomic E-state index is -4.62. The first-order valence-electron chi connectivity index (χ1n) is 14.9. The molecular formula is C31H33ClF3N7O6. The summed E-state index contributed by atoms with van der Waals surface area (Å²) < 4.78 is 48.9. The van der Waals surface area contributed by atoms with Gasteiger partial charge in [0.25, 0.3) is 5.91 Å². The lowest BCUT2D eigenvalue weighted by Gasteiger charge is -2.26. The van der Waals surface area contributed by atoms with Crippen LogP contribution >= 0.6 is 11.6 Å². The van der Waals surface area contributed by atoms with Crippen LogP contribution in [0.3, 0.4) is 0 Å². The maximum atomic E-state index is 13.0. The number of nitrogens with one attached hydrogen (secondary N) is 3. The van der Waals surface area contributed by atoms with Gasteiger partial charge >= 0.3 is 24.2 Å². The highest BCUT2D eigenvalue weighted by atomic mass is 35.5. The van der Waals surface area contributed by atoms with Crippen LogP contribution in [0.4, 0.5) is 35.5 Å². The Bertz CT molecular complexity index is 1660. The number of rotatable bonds is 10. The molecule has 1 saturated carbocycles. The third-order valence-corrected chi connectivity index (χ3v) is 7.68. The molecule has 1 saturated heterocycles. The third-order valence-electron chi connectivity index (χ3n) is 7.43. The monoisotopic (exact) mass is 691 g/mol. The molecule has 2 amide bonds. The molecule has 13 nitrogen and oxygen atoms in total. The highest BCUT2D eigenvalue weighted by molar-refractivity contribution is 6.30. The SMILES string of the molecule is CC(C)(C)OC(=O)N1C[C@@H](NC(=O)c2ccc(Nc3nc(NC4(c5ccc(Cl)cc5)CC4)nc(OCC(F)(F)F)n3)cc2)C[C@@H]1C(=O)O. The lowest BCUT2D eigenvalue weighted by atomic mass is 10.1. The lowest BCUT2D eigenvalue weighted by molar-refractivity contribution is -0.154. The second-order valence-electron chi connectivity index (χ2n) is 12.5. The molecule has 4 N–H and O–H groups in total. The van der Waals surface area contributed by atoms with E-state index in [1.165, 1.54) is 24.3 Å². The van der Waals surface area contributed by atoms with Gasteiger partial charge in [-0.25, -0.2) is 9.59 Å². The highest BCUT2D eigenvalue weighted by Gasteiger charge is 2.45. The zero-order chi connectivity index (χ0) is 34.9. The van der Waals surface area contributed by atoms with E-state index in [9.17, 15) is 32.7 Å². The molecule has 5 rings (SSSR count). The van der Waals surface area contributed by atoms with Gasteiger partial charge in [0, 0.05) is 35.3 Å². The molecule has 0 spiro atoms. The number of alkyl halides is 3. The van der Waals surface area contributed by atoms with E-state index in [1.807, 2.05) is 12.1 Å². The minimum Gasteiger partial charge on any atom is -0.480 e. The summed E-state index contributed by atoms with van der Waals surface area (Å²) in [7, 11) is 0. The molecule has 2 aliphatic rings. The fourth-order valence-electron chi connectivity index (χ4n) is 5.07. The van der Waals surface area contributed by atoms with Gasteiger partial charge in [-0.1, -0.05) is 23.7 Å². The Morgan fingerprint density at radius 1 is 1.00 bits per heavy atom. The number of nitrogens with zero attached hydrogens (tertiary/aromatic N) is 4. The van der Waals surface area contributed by atoms with E-state index in [1.54, 1.807) is 32.9 Å². The van der Waals surface area contributed by atoms with Crippen molar-refractivity contribution in [3.63, 3.8) is 0 Å². The molecule has 1 aromatic heterocycles. The van der Waals surface area contributed by atoms with Gasteiger partial charge in [-0.05, 0) is 75.6 Å². The molecule has 0 bridgehead atoms. The van der Waals surface area contributed by atoms with Crippen molar-refractivity contribution in [2.45, 2.75) is 69.4 Å². The van der Waals surface area contributed by atoms with E-state index in [0.717, 1.165) is 23.3 Å². The number of hydrogen-bond acceptors (Lipinski definition) is 10. The molecule has 0 radical (unpaired) electrons. The van der Waals surface area contributed by atoms with Gasteiger partial charge in [0.2, 0.25) is 11.9 Å². The maximum absolute atomic E-state index is 13.0. The van der Waals surface area contributed by atoms with E-state index in [-0.39, 0.29) is 30.4 Å². The number of amides is 2. The van der Waals surface area contributed by atoms with Crippen molar-refractivity contribution >= 4 is 47.2 Å². The molecule has 1 aliphatic heterocycles. The largest absolute Gasteiger partial charge is 0.480 e. The van der Waals surface area contributed by atoms with Crippen LogP contribution in [-0.4, -0.2) is 79.9 Å². The van der Waals surface area contributed by atoms with Crippen molar-refractivity contribution in [2.24, 2.45) is 0 Å². The number of aliphatic carboxylic acids is 1. The van der Waals surface area contributed by atoms with Gasteiger partial charge in [0.1, 0.15) is 11.6 Å². The zero-order valence-corrected chi connectivity index (χ0v) is 26.9. The van der Waals surface area contributed by atoms with Gasteiger partial charge < -0.3 is 30.5 Å². The molecule has 3 aromatic rings. The second-order valence-corrected chi connectivity index (χ2v) is 12.9. The minimum absolute atomic E-state index is 0.00620. The number of benzene rings is 2. The quantitative estimate of drug-likeness (QED) is 0.212. The average molecular weight is 692 g/mol. The molecule has 2 atom stereocenters. The van der Waals surface area contributed by atoms with Crippen LogP contribution in [0, 0.1) is 0 Å². The normalized spacial score (nSPS) is 18.5. The summed E-state index contributed by atoms with van der Waals surface area (Å²) in [6, 6.07) is 10.8. The topological polar surface area (TPSA) is 168 Å². The Morgan fingerprint density at radius 2 is 1.65 bits per heavy atom. The molecule has 0 unspecified atom stereocenters. The van der Waals surface area contributed by atoms with Crippen molar-refractivity contribution in [3.8, 4) is 6.01 Å². The fraction of sp³-hybridized carbons (Fsp3) is 0.419. The molecule has 2 aromatic carbocycles. The van der Waals surface area contributed by atoms with Crippen molar-refractivity contribution in [3.05, 3.63) is 64.7 Å². The van der Waals surface area contributed by atoms with E-state index < -0.39 is 60.0 Å². The van der Waals surface area contributed by atoms with E-state index >= 15 is 0 Å². The van der Waals surface area contributed by atoms with Gasteiger partial charge in [-0.2, -0.15) is 28.1 Å². The van der Waals surface area contributed by atoms with E-state index in [0.29, 0.717) is 10.7 Å². The molecule has 1 aliphatic carbocycles.